The van der Waals surface area contributed by atoms with E-state index in [9.17, 15) is 14.4 Å². The molecule has 0 unspecified atom stereocenters. The van der Waals surface area contributed by atoms with Crippen molar-refractivity contribution >= 4 is 18.0 Å². The lowest BCUT2D eigenvalue weighted by Crippen LogP contribution is -2.29. The van der Waals surface area contributed by atoms with E-state index < -0.39 is 18.6 Å². The van der Waals surface area contributed by atoms with E-state index in [4.69, 9.17) is 9.84 Å². The van der Waals surface area contributed by atoms with Gasteiger partial charge in [0.2, 0.25) is 5.91 Å². The molecule has 0 fully saturated rings. The number of carbonyl (C=O) groups excluding carboxylic acids is 2. The van der Waals surface area contributed by atoms with Crippen molar-refractivity contribution in [1.29, 1.82) is 0 Å². The van der Waals surface area contributed by atoms with Crippen molar-refractivity contribution in [2.75, 3.05) is 6.54 Å². The van der Waals surface area contributed by atoms with Crippen LogP contribution in [-0.4, -0.2) is 29.6 Å². The number of rotatable bonds is 4. The highest BCUT2D eigenvalue weighted by Crippen LogP contribution is 2.00. The van der Waals surface area contributed by atoms with Crippen LogP contribution in [0.4, 0.5) is 4.79 Å². The SMILES string of the molecule is CC(N)=O.O=C(O)CNC(=O)OCc1ccccc1. The van der Waals surface area contributed by atoms with Crippen molar-refractivity contribution < 1.29 is 24.2 Å². The number of alkyl carbamates (subject to hydrolysis) is 1. The molecule has 0 heterocycles. The van der Waals surface area contributed by atoms with Crippen LogP contribution in [-0.2, 0) is 20.9 Å². The van der Waals surface area contributed by atoms with E-state index in [1.54, 1.807) is 0 Å². The van der Waals surface area contributed by atoms with Gasteiger partial charge in [-0.2, -0.15) is 0 Å². The topological polar surface area (TPSA) is 119 Å². The molecule has 0 bridgehead atoms. The molecule has 0 atom stereocenters. The third-order valence-electron chi connectivity index (χ3n) is 1.60. The number of hydrogen-bond acceptors (Lipinski definition) is 4. The first-order valence-electron chi connectivity index (χ1n) is 5.34. The number of carboxylic acids is 1. The second kappa shape index (κ2) is 9.46. The average molecular weight is 268 g/mol. The highest BCUT2D eigenvalue weighted by Gasteiger charge is 2.04. The maximum Gasteiger partial charge on any atom is 0.407 e. The molecule has 0 radical (unpaired) electrons. The van der Waals surface area contributed by atoms with Gasteiger partial charge in [-0.3, -0.25) is 9.59 Å². The zero-order valence-corrected chi connectivity index (χ0v) is 10.5. The Bertz CT molecular complexity index is 415. The first-order chi connectivity index (χ1) is 8.91. The van der Waals surface area contributed by atoms with Crippen LogP contribution in [0.25, 0.3) is 0 Å². The molecule has 19 heavy (non-hydrogen) atoms. The van der Waals surface area contributed by atoms with Crippen molar-refractivity contribution in [3.63, 3.8) is 0 Å². The molecule has 0 spiro atoms. The standard InChI is InChI=1S/C10H11NO4.C2H5NO/c12-9(13)6-11-10(14)15-7-8-4-2-1-3-5-8;1-2(3)4/h1-5H,6-7H2,(H,11,14)(H,12,13);1H3,(H2,3,4). The van der Waals surface area contributed by atoms with Crippen LogP contribution in [0.5, 0.6) is 0 Å². The Morgan fingerprint density at radius 3 is 2.26 bits per heavy atom. The smallest absolute Gasteiger partial charge is 0.407 e. The normalized spacial score (nSPS) is 8.68. The fourth-order valence-corrected chi connectivity index (χ4v) is 0.922. The van der Waals surface area contributed by atoms with Gasteiger partial charge in [0, 0.05) is 6.92 Å². The minimum Gasteiger partial charge on any atom is -0.480 e. The fraction of sp³-hybridized carbons (Fsp3) is 0.250. The van der Waals surface area contributed by atoms with Gasteiger partial charge in [-0.05, 0) is 5.56 Å². The number of amides is 2. The maximum atomic E-state index is 10.9. The predicted octanol–water partition coefficient (Wildman–Crippen LogP) is 0.489. The summed E-state index contributed by atoms with van der Waals surface area (Å²) >= 11 is 0. The number of aliphatic carboxylic acids is 1. The first-order valence-corrected chi connectivity index (χ1v) is 5.34. The zero-order valence-electron chi connectivity index (χ0n) is 10.5. The van der Waals surface area contributed by atoms with Gasteiger partial charge in [0.1, 0.15) is 13.2 Å². The third kappa shape index (κ3) is 11.7. The van der Waals surface area contributed by atoms with Gasteiger partial charge in [-0.25, -0.2) is 4.79 Å². The summed E-state index contributed by atoms with van der Waals surface area (Å²) in [6.45, 7) is 1.000. The van der Waals surface area contributed by atoms with Crippen LogP contribution in [0.3, 0.4) is 0 Å². The van der Waals surface area contributed by atoms with Crippen LogP contribution >= 0.6 is 0 Å². The van der Waals surface area contributed by atoms with Crippen LogP contribution in [0.15, 0.2) is 30.3 Å². The number of nitrogens with two attached hydrogens (primary N) is 1. The van der Waals surface area contributed by atoms with E-state index in [0.717, 1.165) is 5.56 Å². The second-order valence-corrected chi connectivity index (χ2v) is 3.42. The molecule has 1 rings (SSSR count). The molecule has 1 aromatic rings. The Morgan fingerprint density at radius 2 is 1.79 bits per heavy atom. The number of carbonyl (C=O) groups is 3. The van der Waals surface area contributed by atoms with Gasteiger partial charge in [-0.15, -0.1) is 0 Å². The molecule has 0 saturated carbocycles. The van der Waals surface area contributed by atoms with Gasteiger partial charge in [0.05, 0.1) is 0 Å². The third-order valence-corrected chi connectivity index (χ3v) is 1.60. The molecule has 7 nitrogen and oxygen atoms in total. The van der Waals surface area contributed by atoms with Gasteiger partial charge >= 0.3 is 12.1 Å². The Hall–Kier alpha value is -2.57. The lowest BCUT2D eigenvalue weighted by atomic mass is 10.2. The molecule has 0 aromatic heterocycles. The summed E-state index contributed by atoms with van der Waals surface area (Å²) in [6.07, 6.45) is -0.735. The largest absolute Gasteiger partial charge is 0.480 e. The molecule has 2 amide bonds. The van der Waals surface area contributed by atoms with Crippen LogP contribution in [0.1, 0.15) is 12.5 Å². The second-order valence-electron chi connectivity index (χ2n) is 3.42. The summed E-state index contributed by atoms with van der Waals surface area (Å²) in [5.41, 5.74) is 5.32. The Balaban J connectivity index is 0.000000711. The fourth-order valence-electron chi connectivity index (χ4n) is 0.922. The van der Waals surface area contributed by atoms with Gasteiger partial charge < -0.3 is 20.9 Å². The van der Waals surface area contributed by atoms with Crippen molar-refractivity contribution in [1.82, 2.24) is 5.32 Å². The van der Waals surface area contributed by atoms with E-state index in [1.165, 1.54) is 6.92 Å². The van der Waals surface area contributed by atoms with Crippen LogP contribution in [0.2, 0.25) is 0 Å². The average Bonchev–Trinajstić information content (AvgIpc) is 2.34. The zero-order chi connectivity index (χ0) is 14.7. The highest BCUT2D eigenvalue weighted by atomic mass is 16.5. The first kappa shape index (κ1) is 16.4. The molecule has 104 valence electrons. The van der Waals surface area contributed by atoms with E-state index in [-0.39, 0.29) is 12.5 Å². The Kier molecular flexibility index (Phi) is 8.18. The number of hydrogen-bond donors (Lipinski definition) is 3. The van der Waals surface area contributed by atoms with E-state index >= 15 is 0 Å². The lowest BCUT2D eigenvalue weighted by Gasteiger charge is -2.04. The highest BCUT2D eigenvalue weighted by molar-refractivity contribution is 5.76. The summed E-state index contributed by atoms with van der Waals surface area (Å²) in [5, 5.41) is 10.4. The number of carboxylic acid groups (broad SMARTS) is 1. The summed E-state index contributed by atoms with van der Waals surface area (Å²) in [4.78, 5) is 30.3. The van der Waals surface area contributed by atoms with Crippen molar-refractivity contribution in [3.05, 3.63) is 35.9 Å². The minimum atomic E-state index is -1.10. The van der Waals surface area contributed by atoms with Gasteiger partial charge in [0.15, 0.2) is 0 Å². The Labute approximate surface area is 110 Å². The summed E-state index contributed by atoms with van der Waals surface area (Å²) in [7, 11) is 0. The molecule has 0 aliphatic rings. The van der Waals surface area contributed by atoms with E-state index in [2.05, 4.69) is 11.1 Å². The lowest BCUT2D eigenvalue weighted by molar-refractivity contribution is -0.135. The summed E-state index contributed by atoms with van der Waals surface area (Å²) in [6, 6.07) is 9.13. The predicted molar refractivity (Wildman–Crippen MR) is 67.1 cm³/mol. The monoisotopic (exact) mass is 268 g/mol. The van der Waals surface area contributed by atoms with Gasteiger partial charge in [-0.1, -0.05) is 30.3 Å². The molecule has 0 saturated heterocycles. The molecule has 4 N–H and O–H groups in total. The number of nitrogens with one attached hydrogen (secondary N) is 1. The molecule has 1 aromatic carbocycles. The Morgan fingerprint density at radius 1 is 1.26 bits per heavy atom. The summed E-state index contributed by atoms with van der Waals surface area (Å²) in [5.74, 6) is -1.44. The van der Waals surface area contributed by atoms with Crippen LogP contribution in [0, 0.1) is 0 Å². The van der Waals surface area contributed by atoms with Crippen LogP contribution < -0.4 is 11.1 Å². The van der Waals surface area contributed by atoms with E-state index in [1.807, 2.05) is 30.3 Å². The molecule has 7 heteroatoms. The molecular formula is C12H16N2O5. The van der Waals surface area contributed by atoms with Gasteiger partial charge in [0.25, 0.3) is 0 Å². The molecule has 0 aliphatic heterocycles. The molecule has 0 aliphatic carbocycles. The summed E-state index contributed by atoms with van der Waals surface area (Å²) < 4.78 is 4.77. The molecular weight excluding hydrogens is 252 g/mol. The van der Waals surface area contributed by atoms with Crippen molar-refractivity contribution in [2.24, 2.45) is 5.73 Å². The number of primary amides is 1. The maximum absolute atomic E-state index is 10.9. The van der Waals surface area contributed by atoms with Crippen molar-refractivity contribution in [2.45, 2.75) is 13.5 Å². The number of ether oxygens (including phenoxy) is 1. The quantitative estimate of drug-likeness (QED) is 0.734. The number of benzene rings is 1. The van der Waals surface area contributed by atoms with E-state index in [0.29, 0.717) is 0 Å². The van der Waals surface area contributed by atoms with Crippen molar-refractivity contribution in [3.8, 4) is 0 Å². The minimum absolute atomic E-state index is 0.131.